The number of pyridine rings is 1. The van der Waals surface area contributed by atoms with E-state index in [1.165, 1.54) is 4.90 Å². The van der Waals surface area contributed by atoms with E-state index in [1.54, 1.807) is 42.7 Å². The van der Waals surface area contributed by atoms with Crippen molar-refractivity contribution >= 4 is 17.4 Å². The SMILES string of the molecule is CC(C)Oc1ccc(/C(O)=C2\C(=O)C(=O)N(CCCN(C)C)[C@H]2c2cccnc2)cc1. The van der Waals surface area contributed by atoms with Gasteiger partial charge in [-0.05, 0) is 76.8 Å². The average molecular weight is 424 g/mol. The van der Waals surface area contributed by atoms with E-state index in [4.69, 9.17) is 4.74 Å². The molecule has 164 valence electrons. The first-order valence-corrected chi connectivity index (χ1v) is 10.4. The van der Waals surface area contributed by atoms with Crippen molar-refractivity contribution in [2.45, 2.75) is 32.4 Å². The van der Waals surface area contributed by atoms with Crippen molar-refractivity contribution in [2.24, 2.45) is 0 Å². The molecule has 1 aromatic heterocycles. The summed E-state index contributed by atoms with van der Waals surface area (Å²) in [5.41, 5.74) is 1.23. The van der Waals surface area contributed by atoms with Crippen LogP contribution in [0.25, 0.3) is 5.76 Å². The number of nitrogens with zero attached hydrogens (tertiary/aromatic N) is 3. The fraction of sp³-hybridized carbons (Fsp3) is 0.375. The average Bonchev–Trinajstić information content (AvgIpc) is 2.99. The van der Waals surface area contributed by atoms with E-state index < -0.39 is 17.7 Å². The first kappa shape index (κ1) is 22.5. The number of ether oxygens (including phenoxy) is 1. The minimum atomic E-state index is -0.682. The molecule has 1 amide bonds. The monoisotopic (exact) mass is 423 g/mol. The van der Waals surface area contributed by atoms with Crippen LogP contribution in [-0.4, -0.2) is 64.9 Å². The molecule has 3 rings (SSSR count). The highest BCUT2D eigenvalue weighted by Crippen LogP contribution is 2.39. The van der Waals surface area contributed by atoms with E-state index in [0.29, 0.717) is 29.8 Å². The third-order valence-electron chi connectivity index (χ3n) is 5.04. The Bertz CT molecular complexity index is 953. The maximum Gasteiger partial charge on any atom is 0.295 e. The van der Waals surface area contributed by atoms with E-state index in [9.17, 15) is 14.7 Å². The number of benzene rings is 1. The van der Waals surface area contributed by atoms with Gasteiger partial charge in [-0.3, -0.25) is 14.6 Å². The Hall–Kier alpha value is -3.19. The predicted octanol–water partition coefficient (Wildman–Crippen LogP) is 3.24. The van der Waals surface area contributed by atoms with E-state index in [0.717, 1.165) is 6.54 Å². The third kappa shape index (κ3) is 5.11. The van der Waals surface area contributed by atoms with E-state index in [-0.39, 0.29) is 17.4 Å². The zero-order chi connectivity index (χ0) is 22.5. The molecule has 31 heavy (non-hydrogen) atoms. The Labute approximate surface area is 183 Å². The van der Waals surface area contributed by atoms with Crippen molar-refractivity contribution in [3.8, 4) is 5.75 Å². The molecule has 0 aliphatic carbocycles. The van der Waals surface area contributed by atoms with Crippen molar-refractivity contribution in [1.29, 1.82) is 0 Å². The van der Waals surface area contributed by atoms with Gasteiger partial charge in [0.25, 0.3) is 11.7 Å². The zero-order valence-corrected chi connectivity index (χ0v) is 18.4. The smallest absolute Gasteiger partial charge is 0.295 e. The summed E-state index contributed by atoms with van der Waals surface area (Å²) in [5, 5.41) is 11.1. The number of amides is 1. The minimum absolute atomic E-state index is 0.0255. The number of hydrogen-bond donors (Lipinski definition) is 1. The first-order valence-electron chi connectivity index (χ1n) is 10.4. The van der Waals surface area contributed by atoms with Crippen LogP contribution in [0.2, 0.25) is 0 Å². The summed E-state index contributed by atoms with van der Waals surface area (Å²) in [7, 11) is 3.92. The zero-order valence-electron chi connectivity index (χ0n) is 18.4. The van der Waals surface area contributed by atoms with Crippen LogP contribution in [0, 0.1) is 0 Å². The topological polar surface area (TPSA) is 83.0 Å². The van der Waals surface area contributed by atoms with Gasteiger partial charge in [0.1, 0.15) is 11.5 Å². The van der Waals surface area contributed by atoms with Crippen molar-refractivity contribution < 1.29 is 19.4 Å². The Morgan fingerprint density at radius 2 is 1.90 bits per heavy atom. The number of hydrogen-bond acceptors (Lipinski definition) is 6. The second kappa shape index (κ2) is 9.75. The standard InChI is InChI=1S/C24H29N3O4/c1-16(2)31-19-10-8-17(9-11-19)22(28)20-21(18-7-5-12-25-15-18)27(24(30)23(20)29)14-6-13-26(3)4/h5,7-12,15-16,21,28H,6,13-14H2,1-4H3/b22-20+/t21-/m0/s1. The predicted molar refractivity (Wildman–Crippen MR) is 119 cm³/mol. The van der Waals surface area contributed by atoms with Crippen LogP contribution >= 0.6 is 0 Å². The van der Waals surface area contributed by atoms with Gasteiger partial charge in [0.15, 0.2) is 0 Å². The molecule has 0 saturated carbocycles. The summed E-state index contributed by atoms with van der Waals surface area (Å²) in [5.74, 6) is -0.814. The Morgan fingerprint density at radius 3 is 2.48 bits per heavy atom. The normalized spacial score (nSPS) is 18.3. The molecule has 2 heterocycles. The van der Waals surface area contributed by atoms with Gasteiger partial charge in [-0.15, -0.1) is 0 Å². The number of Topliss-reactive ketones (excluding diaryl/α,β-unsaturated/α-hetero) is 1. The van der Waals surface area contributed by atoms with E-state index in [1.807, 2.05) is 38.9 Å². The minimum Gasteiger partial charge on any atom is -0.507 e. The van der Waals surface area contributed by atoms with Crippen molar-refractivity contribution in [3.63, 3.8) is 0 Å². The molecule has 1 aromatic carbocycles. The van der Waals surface area contributed by atoms with Gasteiger partial charge in [-0.25, -0.2) is 0 Å². The molecule has 2 aromatic rings. The lowest BCUT2D eigenvalue weighted by Crippen LogP contribution is -2.32. The van der Waals surface area contributed by atoms with E-state index >= 15 is 0 Å². The number of carbonyl (C=O) groups excluding carboxylic acids is 2. The summed E-state index contributed by atoms with van der Waals surface area (Å²) in [6.45, 7) is 5.04. The molecule has 0 spiro atoms. The largest absolute Gasteiger partial charge is 0.507 e. The van der Waals surface area contributed by atoms with Crippen LogP contribution in [0.3, 0.4) is 0 Å². The number of carbonyl (C=O) groups is 2. The molecule has 7 heteroatoms. The molecule has 1 fully saturated rings. The first-order chi connectivity index (χ1) is 14.8. The summed E-state index contributed by atoms with van der Waals surface area (Å²) < 4.78 is 5.64. The maximum absolute atomic E-state index is 13.0. The van der Waals surface area contributed by atoms with Gasteiger partial charge in [0, 0.05) is 24.5 Å². The number of aromatic nitrogens is 1. The third-order valence-corrected chi connectivity index (χ3v) is 5.04. The lowest BCUT2D eigenvalue weighted by atomic mass is 9.96. The molecule has 1 saturated heterocycles. The second-order valence-electron chi connectivity index (χ2n) is 8.13. The molecule has 1 aliphatic rings. The van der Waals surface area contributed by atoms with Crippen LogP contribution in [-0.2, 0) is 9.59 Å². The molecule has 1 aliphatic heterocycles. The van der Waals surface area contributed by atoms with Crippen molar-refractivity contribution in [1.82, 2.24) is 14.8 Å². The Balaban J connectivity index is 2.01. The van der Waals surface area contributed by atoms with Crippen LogP contribution in [0.15, 0.2) is 54.4 Å². The molecule has 0 bridgehead atoms. The Kier molecular flexibility index (Phi) is 7.07. The lowest BCUT2D eigenvalue weighted by molar-refractivity contribution is -0.139. The number of rotatable bonds is 8. The van der Waals surface area contributed by atoms with Gasteiger partial charge < -0.3 is 19.6 Å². The van der Waals surface area contributed by atoms with Crippen LogP contribution < -0.4 is 4.74 Å². The van der Waals surface area contributed by atoms with Crippen LogP contribution in [0.1, 0.15) is 37.4 Å². The molecular weight excluding hydrogens is 394 g/mol. The van der Waals surface area contributed by atoms with E-state index in [2.05, 4.69) is 4.98 Å². The molecule has 1 N–H and O–H groups in total. The number of aliphatic hydroxyl groups is 1. The van der Waals surface area contributed by atoms with Gasteiger partial charge in [0.05, 0.1) is 17.7 Å². The quantitative estimate of drug-likeness (QED) is 0.399. The fourth-order valence-corrected chi connectivity index (χ4v) is 3.67. The van der Waals surface area contributed by atoms with Crippen LogP contribution in [0.5, 0.6) is 5.75 Å². The molecule has 1 atom stereocenters. The second-order valence-corrected chi connectivity index (χ2v) is 8.13. The van der Waals surface area contributed by atoms with Crippen molar-refractivity contribution in [3.05, 3.63) is 65.5 Å². The fourth-order valence-electron chi connectivity index (χ4n) is 3.67. The molecule has 0 unspecified atom stereocenters. The highest BCUT2D eigenvalue weighted by Gasteiger charge is 2.45. The summed E-state index contributed by atoms with van der Waals surface area (Å²) >= 11 is 0. The summed E-state index contributed by atoms with van der Waals surface area (Å²) in [6.07, 6.45) is 3.99. The lowest BCUT2D eigenvalue weighted by Gasteiger charge is -2.25. The Morgan fingerprint density at radius 1 is 1.19 bits per heavy atom. The molecule has 0 radical (unpaired) electrons. The number of likely N-dealkylation sites (tertiary alicyclic amines) is 1. The van der Waals surface area contributed by atoms with Crippen LogP contribution in [0.4, 0.5) is 0 Å². The maximum atomic E-state index is 13.0. The van der Waals surface area contributed by atoms with Gasteiger partial charge in [0.2, 0.25) is 0 Å². The summed E-state index contributed by atoms with van der Waals surface area (Å²) in [6, 6.07) is 9.74. The molecule has 7 nitrogen and oxygen atoms in total. The number of aliphatic hydroxyl groups excluding tert-OH is 1. The van der Waals surface area contributed by atoms with Gasteiger partial charge in [-0.1, -0.05) is 6.07 Å². The van der Waals surface area contributed by atoms with Gasteiger partial charge >= 0.3 is 0 Å². The molecular formula is C24H29N3O4. The van der Waals surface area contributed by atoms with Gasteiger partial charge in [-0.2, -0.15) is 0 Å². The summed E-state index contributed by atoms with van der Waals surface area (Å²) in [4.78, 5) is 33.5. The van der Waals surface area contributed by atoms with Crippen molar-refractivity contribution in [2.75, 3.05) is 27.2 Å². The number of ketones is 1. The highest BCUT2D eigenvalue weighted by atomic mass is 16.5. The highest BCUT2D eigenvalue weighted by molar-refractivity contribution is 6.46.